The summed E-state index contributed by atoms with van der Waals surface area (Å²) in [5, 5.41) is 12.0. The predicted molar refractivity (Wildman–Crippen MR) is 97.0 cm³/mol. The molecule has 0 radical (unpaired) electrons. The molecule has 0 atom stereocenters. The zero-order chi connectivity index (χ0) is 18.4. The number of hydrogen-bond donors (Lipinski definition) is 1. The van der Waals surface area contributed by atoms with Gasteiger partial charge in [-0.3, -0.25) is 4.79 Å². The second-order valence-corrected chi connectivity index (χ2v) is 5.60. The Labute approximate surface area is 151 Å². The Morgan fingerprint density at radius 1 is 1.27 bits per heavy atom. The van der Waals surface area contributed by atoms with Crippen LogP contribution in [0, 0.1) is 11.3 Å². The number of carbonyl (C=O) groups is 1. The third-order valence-corrected chi connectivity index (χ3v) is 3.94. The Bertz CT molecular complexity index is 844. The number of nitriles is 1. The van der Waals surface area contributed by atoms with Crippen LogP contribution in [0.3, 0.4) is 0 Å². The summed E-state index contributed by atoms with van der Waals surface area (Å²) < 4.78 is 16.3. The number of benzene rings is 1. The molecule has 7 nitrogen and oxygen atoms in total. The van der Waals surface area contributed by atoms with Gasteiger partial charge >= 0.3 is 0 Å². The van der Waals surface area contributed by atoms with Gasteiger partial charge in [-0.15, -0.1) is 0 Å². The Hall–Kier alpha value is -3.24. The largest absolute Gasteiger partial charge is 0.495 e. The first kappa shape index (κ1) is 17.6. The van der Waals surface area contributed by atoms with Gasteiger partial charge in [0.15, 0.2) is 5.88 Å². The van der Waals surface area contributed by atoms with Gasteiger partial charge in [0.05, 0.1) is 26.0 Å². The van der Waals surface area contributed by atoms with Crippen LogP contribution in [-0.2, 0) is 9.53 Å². The highest BCUT2D eigenvalue weighted by atomic mass is 16.5. The minimum absolute atomic E-state index is 0.0567. The van der Waals surface area contributed by atoms with Gasteiger partial charge in [-0.1, -0.05) is 12.1 Å². The maximum atomic E-state index is 12.4. The van der Waals surface area contributed by atoms with Crippen molar-refractivity contribution in [2.24, 2.45) is 0 Å². The van der Waals surface area contributed by atoms with E-state index < -0.39 is 5.91 Å². The van der Waals surface area contributed by atoms with Crippen LogP contribution >= 0.6 is 0 Å². The number of furan rings is 1. The smallest absolute Gasteiger partial charge is 0.266 e. The van der Waals surface area contributed by atoms with Crippen LogP contribution in [0.25, 0.3) is 6.08 Å². The standard InChI is InChI=1S/C19H19N3O4/c1-24-17-5-3-2-4-16(17)21-19(23)14(13-20)12-15-6-7-18(26-15)22-8-10-25-11-9-22/h2-7,12H,8-11H2,1H3,(H,21,23)/b14-12-. The first-order chi connectivity index (χ1) is 12.7. The molecule has 134 valence electrons. The van der Waals surface area contributed by atoms with Crippen molar-refractivity contribution >= 4 is 23.6 Å². The summed E-state index contributed by atoms with van der Waals surface area (Å²) in [5.41, 5.74) is 0.438. The molecule has 0 bridgehead atoms. The van der Waals surface area contributed by atoms with Gasteiger partial charge in [0.1, 0.15) is 23.2 Å². The normalized spacial score (nSPS) is 14.6. The van der Waals surface area contributed by atoms with Gasteiger partial charge in [-0.2, -0.15) is 5.26 Å². The van der Waals surface area contributed by atoms with Crippen LogP contribution in [0.15, 0.2) is 46.4 Å². The molecule has 1 aromatic carbocycles. The lowest BCUT2D eigenvalue weighted by Gasteiger charge is -2.26. The number of anilines is 2. The van der Waals surface area contributed by atoms with Gasteiger partial charge in [0.2, 0.25) is 0 Å². The van der Waals surface area contributed by atoms with Crippen molar-refractivity contribution in [3.8, 4) is 11.8 Å². The molecule has 3 rings (SSSR count). The maximum absolute atomic E-state index is 12.4. The highest BCUT2D eigenvalue weighted by Crippen LogP contribution is 2.25. The Morgan fingerprint density at radius 3 is 2.77 bits per heavy atom. The van der Waals surface area contributed by atoms with E-state index in [1.165, 1.54) is 13.2 Å². The maximum Gasteiger partial charge on any atom is 0.266 e. The van der Waals surface area contributed by atoms with Crippen LogP contribution in [0.4, 0.5) is 11.6 Å². The molecule has 1 saturated heterocycles. The monoisotopic (exact) mass is 353 g/mol. The summed E-state index contributed by atoms with van der Waals surface area (Å²) in [5.74, 6) is 1.13. The van der Waals surface area contributed by atoms with E-state index in [1.807, 2.05) is 12.1 Å². The Balaban J connectivity index is 1.74. The number of para-hydroxylation sites is 2. The summed E-state index contributed by atoms with van der Waals surface area (Å²) in [7, 11) is 1.52. The molecule has 1 amide bonds. The van der Waals surface area contributed by atoms with E-state index in [0.717, 1.165) is 13.1 Å². The molecule has 0 spiro atoms. The molecule has 7 heteroatoms. The van der Waals surface area contributed by atoms with Crippen LogP contribution in [0.5, 0.6) is 5.75 Å². The lowest BCUT2D eigenvalue weighted by atomic mass is 10.2. The van der Waals surface area contributed by atoms with Crippen molar-refractivity contribution < 1.29 is 18.7 Å². The van der Waals surface area contributed by atoms with Crippen molar-refractivity contribution in [2.45, 2.75) is 0 Å². The number of ether oxygens (including phenoxy) is 2. The zero-order valence-corrected chi connectivity index (χ0v) is 14.4. The third kappa shape index (κ3) is 4.05. The van der Waals surface area contributed by atoms with E-state index in [1.54, 1.807) is 30.3 Å². The topological polar surface area (TPSA) is 87.7 Å². The van der Waals surface area contributed by atoms with E-state index in [4.69, 9.17) is 13.9 Å². The second-order valence-electron chi connectivity index (χ2n) is 5.60. The van der Waals surface area contributed by atoms with Crippen LogP contribution in [0.2, 0.25) is 0 Å². The van der Waals surface area contributed by atoms with Crippen molar-refractivity contribution in [2.75, 3.05) is 43.6 Å². The fourth-order valence-corrected chi connectivity index (χ4v) is 2.60. The molecule has 2 heterocycles. The number of amides is 1. The molecule has 1 N–H and O–H groups in total. The van der Waals surface area contributed by atoms with Crippen molar-refractivity contribution in [1.82, 2.24) is 0 Å². The number of nitrogens with zero attached hydrogens (tertiary/aromatic N) is 2. The van der Waals surface area contributed by atoms with E-state index in [9.17, 15) is 10.1 Å². The number of nitrogens with one attached hydrogen (secondary N) is 1. The minimum Gasteiger partial charge on any atom is -0.495 e. The summed E-state index contributed by atoms with van der Waals surface area (Å²) in [4.78, 5) is 14.5. The lowest BCUT2D eigenvalue weighted by Crippen LogP contribution is -2.35. The van der Waals surface area contributed by atoms with Crippen molar-refractivity contribution in [3.05, 3.63) is 47.7 Å². The highest BCUT2D eigenvalue weighted by molar-refractivity contribution is 6.10. The highest BCUT2D eigenvalue weighted by Gasteiger charge is 2.16. The van der Waals surface area contributed by atoms with Crippen molar-refractivity contribution in [1.29, 1.82) is 5.26 Å². The van der Waals surface area contributed by atoms with Crippen LogP contribution < -0.4 is 15.0 Å². The lowest BCUT2D eigenvalue weighted by molar-refractivity contribution is -0.112. The van der Waals surface area contributed by atoms with Gasteiger partial charge in [-0.05, 0) is 18.2 Å². The Morgan fingerprint density at radius 2 is 2.04 bits per heavy atom. The van der Waals surface area contributed by atoms with Crippen molar-refractivity contribution in [3.63, 3.8) is 0 Å². The third-order valence-electron chi connectivity index (χ3n) is 3.94. The van der Waals surface area contributed by atoms with Gasteiger partial charge < -0.3 is 24.1 Å². The molecular formula is C19H19N3O4. The first-order valence-electron chi connectivity index (χ1n) is 8.20. The molecule has 1 aliphatic rings. The summed E-state index contributed by atoms with van der Waals surface area (Å²) in [6, 6.07) is 12.5. The number of carbonyl (C=O) groups excluding carboxylic acids is 1. The first-order valence-corrected chi connectivity index (χ1v) is 8.20. The number of rotatable bonds is 5. The molecule has 1 aliphatic heterocycles. The minimum atomic E-state index is -0.527. The van der Waals surface area contributed by atoms with E-state index in [2.05, 4.69) is 10.2 Å². The average molecular weight is 353 g/mol. The molecule has 1 aromatic heterocycles. The summed E-state index contributed by atoms with van der Waals surface area (Å²) in [6.07, 6.45) is 1.43. The number of methoxy groups -OCH3 is 1. The van der Waals surface area contributed by atoms with Gasteiger partial charge in [0.25, 0.3) is 5.91 Å². The predicted octanol–water partition coefficient (Wildman–Crippen LogP) is 2.67. The van der Waals surface area contributed by atoms with Gasteiger partial charge in [-0.25, -0.2) is 0 Å². The molecule has 0 saturated carbocycles. The Kier molecular flexibility index (Phi) is 5.56. The van der Waals surface area contributed by atoms with E-state index in [0.29, 0.717) is 36.3 Å². The summed E-state index contributed by atoms with van der Waals surface area (Å²) in [6.45, 7) is 2.79. The molecule has 0 aliphatic carbocycles. The van der Waals surface area contributed by atoms with Crippen LogP contribution in [-0.4, -0.2) is 39.3 Å². The average Bonchev–Trinajstić information content (AvgIpc) is 3.16. The summed E-state index contributed by atoms with van der Waals surface area (Å²) >= 11 is 0. The van der Waals surface area contributed by atoms with Crippen LogP contribution in [0.1, 0.15) is 5.76 Å². The molecular weight excluding hydrogens is 334 g/mol. The quantitative estimate of drug-likeness (QED) is 0.657. The molecule has 2 aromatic rings. The van der Waals surface area contributed by atoms with Gasteiger partial charge in [0, 0.05) is 25.2 Å². The fraction of sp³-hybridized carbons (Fsp3) is 0.263. The molecule has 26 heavy (non-hydrogen) atoms. The number of morpholine rings is 1. The van der Waals surface area contributed by atoms with E-state index in [-0.39, 0.29) is 5.57 Å². The van der Waals surface area contributed by atoms with E-state index >= 15 is 0 Å². The zero-order valence-electron chi connectivity index (χ0n) is 14.4. The number of hydrogen-bond acceptors (Lipinski definition) is 6. The second kappa shape index (κ2) is 8.23. The molecule has 1 fully saturated rings. The SMILES string of the molecule is COc1ccccc1NC(=O)/C(C#N)=C\c1ccc(N2CCOCC2)o1. The fourth-order valence-electron chi connectivity index (χ4n) is 2.60. The molecule has 0 unspecified atom stereocenters.